The third kappa shape index (κ3) is 10.0. The van der Waals surface area contributed by atoms with Gasteiger partial charge in [-0.1, -0.05) is 19.1 Å². The summed E-state index contributed by atoms with van der Waals surface area (Å²) in [7, 11) is 0. The largest absolute Gasteiger partial charge is 0.382 e. The fourth-order valence-electron chi connectivity index (χ4n) is 3.38. The van der Waals surface area contributed by atoms with Crippen molar-refractivity contribution in [1.82, 2.24) is 15.5 Å². The number of aliphatic imine (C=N–C) groups is 1. The predicted octanol–water partition coefficient (Wildman–Crippen LogP) is 3.55. The first-order chi connectivity index (χ1) is 14.1. The summed E-state index contributed by atoms with van der Waals surface area (Å²) >= 11 is 0. The number of nitro benzene ring substituents is 1. The Morgan fingerprint density at radius 1 is 1.27 bits per heavy atom. The van der Waals surface area contributed by atoms with Crippen LogP contribution in [0.15, 0.2) is 29.3 Å². The van der Waals surface area contributed by atoms with E-state index in [2.05, 4.69) is 22.5 Å². The molecule has 8 nitrogen and oxygen atoms in total. The van der Waals surface area contributed by atoms with E-state index in [1.807, 2.05) is 6.92 Å². The Kier molecular flexibility index (Phi) is 13.6. The smallest absolute Gasteiger partial charge is 0.269 e. The molecule has 1 aliphatic heterocycles. The summed E-state index contributed by atoms with van der Waals surface area (Å²) in [5.41, 5.74) is 1.05. The lowest BCUT2D eigenvalue weighted by molar-refractivity contribution is -0.384. The molecule has 30 heavy (non-hydrogen) atoms. The lowest BCUT2D eigenvalue weighted by Gasteiger charge is -2.32. The van der Waals surface area contributed by atoms with E-state index in [0.29, 0.717) is 12.6 Å². The number of guanidine groups is 1. The Balaban J connectivity index is 0.00000450. The molecule has 0 saturated carbocycles. The van der Waals surface area contributed by atoms with Crippen LogP contribution in [0.25, 0.3) is 0 Å². The van der Waals surface area contributed by atoms with Gasteiger partial charge < -0.3 is 20.3 Å². The molecule has 0 aromatic heterocycles. The van der Waals surface area contributed by atoms with Crippen molar-refractivity contribution in [2.75, 3.05) is 39.4 Å². The SMILES string of the molecule is CCCN1CCC(NC(=NCc2ccc([N+](=O)[O-])cc2)NCCCOCC)CC1.I. The Bertz CT molecular complexity index is 634. The van der Waals surface area contributed by atoms with Crippen LogP contribution >= 0.6 is 24.0 Å². The van der Waals surface area contributed by atoms with Gasteiger partial charge in [0, 0.05) is 51.0 Å². The first-order valence-corrected chi connectivity index (χ1v) is 10.7. The van der Waals surface area contributed by atoms with E-state index in [9.17, 15) is 10.1 Å². The summed E-state index contributed by atoms with van der Waals surface area (Å²) in [6, 6.07) is 6.99. The van der Waals surface area contributed by atoms with Gasteiger partial charge in [0.25, 0.3) is 5.69 Å². The summed E-state index contributed by atoms with van der Waals surface area (Å²) in [6.07, 6.45) is 4.33. The van der Waals surface area contributed by atoms with Crippen LogP contribution in [0, 0.1) is 10.1 Å². The Hall–Kier alpha value is -1.46. The van der Waals surface area contributed by atoms with Crippen LogP contribution in [0.2, 0.25) is 0 Å². The van der Waals surface area contributed by atoms with Crippen LogP contribution in [-0.2, 0) is 11.3 Å². The van der Waals surface area contributed by atoms with Crippen LogP contribution in [0.3, 0.4) is 0 Å². The number of likely N-dealkylation sites (tertiary alicyclic amines) is 1. The summed E-state index contributed by atoms with van der Waals surface area (Å²) in [4.78, 5) is 17.6. The number of ether oxygens (including phenoxy) is 1. The van der Waals surface area contributed by atoms with Crippen molar-refractivity contribution in [2.24, 2.45) is 4.99 Å². The molecule has 2 rings (SSSR count). The maximum atomic E-state index is 10.8. The minimum Gasteiger partial charge on any atom is -0.382 e. The van der Waals surface area contributed by atoms with E-state index in [-0.39, 0.29) is 34.6 Å². The highest BCUT2D eigenvalue weighted by Crippen LogP contribution is 2.13. The van der Waals surface area contributed by atoms with Crippen molar-refractivity contribution >= 4 is 35.6 Å². The standard InChI is InChI=1S/C21H35N5O3.HI/c1-3-13-25-14-10-19(11-15-25)24-21(22-12-5-16-29-4-2)23-17-18-6-8-20(9-7-18)26(27)28;/h6-9,19H,3-5,10-17H2,1-2H3,(H2,22,23,24);1H. The van der Waals surface area contributed by atoms with Crippen molar-refractivity contribution in [3.8, 4) is 0 Å². The molecule has 1 saturated heterocycles. The molecule has 0 aliphatic carbocycles. The Morgan fingerprint density at radius 2 is 1.97 bits per heavy atom. The molecule has 0 radical (unpaired) electrons. The number of nitrogens with zero attached hydrogens (tertiary/aromatic N) is 3. The van der Waals surface area contributed by atoms with Gasteiger partial charge in [-0.05, 0) is 44.7 Å². The van der Waals surface area contributed by atoms with Gasteiger partial charge in [-0.3, -0.25) is 10.1 Å². The first-order valence-electron chi connectivity index (χ1n) is 10.7. The van der Waals surface area contributed by atoms with Crippen LogP contribution in [0.5, 0.6) is 0 Å². The number of piperidine rings is 1. The van der Waals surface area contributed by atoms with Crippen molar-refractivity contribution < 1.29 is 9.66 Å². The summed E-state index contributed by atoms with van der Waals surface area (Å²) in [5, 5.41) is 17.8. The van der Waals surface area contributed by atoms with Gasteiger partial charge in [-0.2, -0.15) is 0 Å². The molecule has 0 bridgehead atoms. The van der Waals surface area contributed by atoms with Crippen LogP contribution in [-0.4, -0.2) is 61.2 Å². The van der Waals surface area contributed by atoms with Crippen LogP contribution in [0.1, 0.15) is 45.1 Å². The van der Waals surface area contributed by atoms with E-state index in [1.165, 1.54) is 25.1 Å². The first kappa shape index (κ1) is 26.6. The van der Waals surface area contributed by atoms with Crippen LogP contribution in [0.4, 0.5) is 5.69 Å². The molecule has 0 amide bonds. The third-order valence-corrected chi connectivity index (χ3v) is 5.00. The second kappa shape index (κ2) is 15.4. The second-order valence-electron chi connectivity index (χ2n) is 7.33. The number of halogens is 1. The Morgan fingerprint density at radius 3 is 2.57 bits per heavy atom. The highest BCUT2D eigenvalue weighted by molar-refractivity contribution is 14.0. The van der Waals surface area contributed by atoms with Gasteiger partial charge in [0.15, 0.2) is 5.96 Å². The quantitative estimate of drug-likeness (QED) is 0.113. The van der Waals surface area contributed by atoms with Gasteiger partial charge in [0.05, 0.1) is 11.5 Å². The average Bonchev–Trinajstić information content (AvgIpc) is 2.73. The molecule has 1 aliphatic rings. The lowest BCUT2D eigenvalue weighted by Crippen LogP contribution is -2.49. The molecule has 0 spiro atoms. The minimum absolute atomic E-state index is 0. The number of rotatable bonds is 11. The summed E-state index contributed by atoms with van der Waals surface area (Å²) in [5.74, 6) is 0.800. The maximum absolute atomic E-state index is 10.8. The van der Waals surface area contributed by atoms with Crippen molar-refractivity contribution in [3.63, 3.8) is 0 Å². The zero-order valence-corrected chi connectivity index (χ0v) is 20.5. The van der Waals surface area contributed by atoms with E-state index in [1.54, 1.807) is 12.1 Å². The summed E-state index contributed by atoms with van der Waals surface area (Å²) in [6.45, 7) is 10.4. The van der Waals surface area contributed by atoms with Crippen LogP contribution < -0.4 is 10.6 Å². The zero-order valence-electron chi connectivity index (χ0n) is 18.1. The number of hydrogen-bond acceptors (Lipinski definition) is 5. The van der Waals surface area contributed by atoms with Crippen molar-refractivity contribution in [2.45, 2.75) is 52.1 Å². The van der Waals surface area contributed by atoms with Crippen molar-refractivity contribution in [3.05, 3.63) is 39.9 Å². The molecule has 1 fully saturated rings. The molecule has 170 valence electrons. The molecule has 0 atom stereocenters. The fourth-order valence-corrected chi connectivity index (χ4v) is 3.38. The average molecular weight is 533 g/mol. The molecular formula is C21H36IN5O3. The number of hydrogen-bond donors (Lipinski definition) is 2. The monoisotopic (exact) mass is 533 g/mol. The van der Waals surface area contributed by atoms with Crippen molar-refractivity contribution in [1.29, 1.82) is 0 Å². The Labute approximate surface area is 197 Å². The predicted molar refractivity (Wildman–Crippen MR) is 132 cm³/mol. The number of benzene rings is 1. The second-order valence-corrected chi connectivity index (χ2v) is 7.33. The van der Waals surface area contributed by atoms with Gasteiger partial charge >= 0.3 is 0 Å². The molecule has 1 heterocycles. The summed E-state index contributed by atoms with van der Waals surface area (Å²) < 4.78 is 5.40. The molecule has 1 aromatic carbocycles. The zero-order chi connectivity index (χ0) is 20.9. The topological polar surface area (TPSA) is 92.0 Å². The van der Waals surface area contributed by atoms with E-state index in [0.717, 1.165) is 63.6 Å². The normalized spacial score (nSPS) is 15.5. The minimum atomic E-state index is -0.384. The fraction of sp³-hybridized carbons (Fsp3) is 0.667. The molecule has 0 unspecified atom stereocenters. The highest BCUT2D eigenvalue weighted by Gasteiger charge is 2.19. The van der Waals surface area contributed by atoms with Gasteiger partial charge in [0.2, 0.25) is 0 Å². The van der Waals surface area contributed by atoms with E-state index < -0.39 is 0 Å². The van der Waals surface area contributed by atoms with Gasteiger partial charge in [-0.15, -0.1) is 24.0 Å². The van der Waals surface area contributed by atoms with Gasteiger partial charge in [-0.25, -0.2) is 4.99 Å². The molecule has 9 heteroatoms. The lowest BCUT2D eigenvalue weighted by atomic mass is 10.1. The number of non-ortho nitro benzene ring substituents is 1. The molecule has 1 aromatic rings. The third-order valence-electron chi connectivity index (χ3n) is 5.00. The maximum Gasteiger partial charge on any atom is 0.269 e. The molecular weight excluding hydrogens is 497 g/mol. The van der Waals surface area contributed by atoms with E-state index in [4.69, 9.17) is 9.73 Å². The van der Waals surface area contributed by atoms with E-state index >= 15 is 0 Å². The number of nitro groups is 1. The molecule has 2 N–H and O–H groups in total. The number of nitrogens with one attached hydrogen (secondary N) is 2. The highest BCUT2D eigenvalue weighted by atomic mass is 127. The van der Waals surface area contributed by atoms with Gasteiger partial charge in [0.1, 0.15) is 0 Å².